The molecule has 0 amide bonds. The number of thiophene rings is 1. The monoisotopic (exact) mass is 486 g/mol. The molecular weight excluding hydrogens is 472 g/mol. The normalized spacial score (nSPS) is 12.7. The Morgan fingerprint density at radius 1 is 1.26 bits per heavy atom. The van der Waals surface area contributed by atoms with Crippen molar-refractivity contribution in [3.63, 3.8) is 0 Å². The average molecular weight is 487 g/mol. The number of carbonyl (C=O) groups excluding carboxylic acids is 1. The van der Waals surface area contributed by atoms with Gasteiger partial charge in [0.2, 0.25) is 0 Å². The number of rotatable bonds is 7. The molecule has 6 nitrogen and oxygen atoms in total. The fraction of sp³-hybridized carbons (Fsp3) is 0.176. The van der Waals surface area contributed by atoms with Gasteiger partial charge in [-0.15, -0.1) is 22.7 Å². The molecule has 0 spiro atoms. The van der Waals surface area contributed by atoms with Crippen LogP contribution in [-0.4, -0.2) is 26.5 Å². The largest absolute Gasteiger partial charge is 0.469 e. The predicted molar refractivity (Wildman–Crippen MR) is 109 cm³/mol. The van der Waals surface area contributed by atoms with Gasteiger partial charge in [-0.3, -0.25) is 4.79 Å². The van der Waals surface area contributed by atoms with Crippen LogP contribution in [0.3, 0.4) is 0 Å². The first-order valence-electron chi connectivity index (χ1n) is 7.73. The van der Waals surface area contributed by atoms with Crippen molar-refractivity contribution in [3.05, 3.63) is 56.5 Å². The summed E-state index contributed by atoms with van der Waals surface area (Å²) in [5.74, 6) is -0.495. The van der Waals surface area contributed by atoms with E-state index < -0.39 is 22.0 Å². The van der Waals surface area contributed by atoms with Crippen molar-refractivity contribution in [3.8, 4) is 10.6 Å². The first kappa shape index (κ1) is 20.2. The van der Waals surface area contributed by atoms with Gasteiger partial charge in [0.05, 0.1) is 19.6 Å². The molecule has 0 saturated heterocycles. The number of nitrogens with one attached hydrogen (secondary N) is 1. The van der Waals surface area contributed by atoms with E-state index in [2.05, 4.69) is 30.4 Å². The summed E-state index contributed by atoms with van der Waals surface area (Å²) in [5.41, 5.74) is 0.828. The van der Waals surface area contributed by atoms with Crippen LogP contribution in [0.4, 0.5) is 0 Å². The Kier molecular flexibility index (Phi) is 6.43. The predicted octanol–water partition coefficient (Wildman–Crippen LogP) is 4.22. The van der Waals surface area contributed by atoms with Gasteiger partial charge in [-0.2, -0.15) is 0 Å². The Labute approximate surface area is 173 Å². The third kappa shape index (κ3) is 5.02. The van der Waals surface area contributed by atoms with Crippen molar-refractivity contribution in [1.29, 1.82) is 0 Å². The van der Waals surface area contributed by atoms with Crippen molar-refractivity contribution < 1.29 is 17.9 Å². The maximum absolute atomic E-state index is 12.8. The lowest BCUT2D eigenvalue weighted by Gasteiger charge is -2.15. The summed E-state index contributed by atoms with van der Waals surface area (Å²) in [5, 5.41) is 3.84. The second-order valence-corrected chi connectivity index (χ2v) is 9.88. The summed E-state index contributed by atoms with van der Waals surface area (Å²) >= 11 is 5.98. The summed E-state index contributed by atoms with van der Waals surface area (Å²) in [7, 11) is -2.62. The molecule has 2 heterocycles. The lowest BCUT2D eigenvalue weighted by Crippen LogP contribution is -2.30. The number of carbonyl (C=O) groups is 1. The van der Waals surface area contributed by atoms with E-state index in [0.717, 1.165) is 14.9 Å². The Hall–Kier alpha value is -1.59. The molecule has 1 aromatic carbocycles. The fourth-order valence-corrected chi connectivity index (χ4v) is 5.73. The van der Waals surface area contributed by atoms with Crippen molar-refractivity contribution in [2.24, 2.45) is 0 Å². The third-order valence-electron chi connectivity index (χ3n) is 3.63. The smallest absolute Gasteiger partial charge is 0.307 e. The number of hydrogen-bond donors (Lipinski definition) is 1. The highest BCUT2D eigenvalue weighted by Gasteiger charge is 2.26. The third-order valence-corrected chi connectivity index (χ3v) is 7.54. The maximum atomic E-state index is 12.8. The summed E-state index contributed by atoms with van der Waals surface area (Å²) in [4.78, 5) is 16.7. The molecule has 0 radical (unpaired) electrons. The fourth-order valence-electron chi connectivity index (χ4n) is 2.30. The molecule has 1 N–H and O–H groups in total. The first-order valence-corrected chi connectivity index (χ1v) is 11.8. The first-order chi connectivity index (χ1) is 12.9. The molecule has 10 heteroatoms. The van der Waals surface area contributed by atoms with Gasteiger partial charge < -0.3 is 4.74 Å². The van der Waals surface area contributed by atoms with E-state index in [1.807, 2.05) is 29.6 Å². The van der Waals surface area contributed by atoms with E-state index in [1.165, 1.54) is 35.2 Å². The van der Waals surface area contributed by atoms with E-state index >= 15 is 0 Å². The number of nitrogens with zero attached hydrogens (tertiary/aromatic N) is 1. The quantitative estimate of drug-likeness (QED) is 0.505. The molecule has 2 aromatic heterocycles. The van der Waals surface area contributed by atoms with E-state index in [9.17, 15) is 13.2 Å². The molecule has 3 aromatic rings. The van der Waals surface area contributed by atoms with E-state index in [1.54, 1.807) is 12.1 Å². The molecule has 1 atom stereocenters. The van der Waals surface area contributed by atoms with E-state index in [-0.39, 0.29) is 11.4 Å². The number of esters is 1. The minimum atomic E-state index is -3.90. The van der Waals surface area contributed by atoms with Crippen LogP contribution >= 0.6 is 38.6 Å². The summed E-state index contributed by atoms with van der Waals surface area (Å²) in [6, 6.07) is 10.3. The highest BCUT2D eigenvalue weighted by Crippen LogP contribution is 2.29. The van der Waals surface area contributed by atoms with E-state index in [0.29, 0.717) is 5.01 Å². The topological polar surface area (TPSA) is 85.4 Å². The second kappa shape index (κ2) is 8.61. The number of sulfonamides is 1. The lowest BCUT2D eigenvalue weighted by atomic mass is 10.2. The van der Waals surface area contributed by atoms with Gasteiger partial charge in [0.25, 0.3) is 10.0 Å². The number of halogens is 1. The highest BCUT2D eigenvalue weighted by atomic mass is 79.9. The van der Waals surface area contributed by atoms with Crippen LogP contribution in [0.15, 0.2) is 56.7 Å². The zero-order valence-electron chi connectivity index (χ0n) is 14.1. The molecule has 0 fully saturated rings. The molecule has 0 bridgehead atoms. The molecule has 0 aliphatic carbocycles. The standard InChI is InChI=1S/C17H15BrN2O4S3/c1-24-16(21)9-13(14-3-2-8-25-14)20-27(22,23)15-10-26-17(19-15)11-4-6-12(18)7-5-11/h2-8,10,13,20H,9H2,1H3. The Morgan fingerprint density at radius 3 is 2.63 bits per heavy atom. The zero-order valence-corrected chi connectivity index (χ0v) is 18.1. The van der Waals surface area contributed by atoms with Crippen molar-refractivity contribution >= 4 is 54.6 Å². The van der Waals surface area contributed by atoms with Crippen LogP contribution in [0.1, 0.15) is 17.3 Å². The van der Waals surface area contributed by atoms with Gasteiger partial charge in [-0.25, -0.2) is 18.1 Å². The molecule has 1 unspecified atom stereocenters. The number of benzene rings is 1. The van der Waals surface area contributed by atoms with Crippen molar-refractivity contribution in [1.82, 2.24) is 9.71 Å². The summed E-state index contributed by atoms with van der Waals surface area (Å²) in [6.07, 6.45) is -0.0973. The molecule has 0 aliphatic rings. The molecule has 142 valence electrons. The SMILES string of the molecule is COC(=O)CC(NS(=O)(=O)c1csc(-c2ccc(Br)cc2)n1)c1cccs1. The molecular formula is C17H15BrN2O4S3. The zero-order chi connectivity index (χ0) is 19.4. The van der Waals surface area contributed by atoms with Gasteiger partial charge in [-0.05, 0) is 23.6 Å². The van der Waals surface area contributed by atoms with Crippen LogP contribution in [0, 0.1) is 0 Å². The Balaban J connectivity index is 1.84. The van der Waals surface area contributed by atoms with Crippen molar-refractivity contribution in [2.75, 3.05) is 7.11 Å². The van der Waals surface area contributed by atoms with Crippen LogP contribution < -0.4 is 4.72 Å². The number of thiazole rings is 1. The lowest BCUT2D eigenvalue weighted by molar-refractivity contribution is -0.141. The molecule has 0 aliphatic heterocycles. The number of aromatic nitrogens is 1. The molecule has 3 rings (SSSR count). The van der Waals surface area contributed by atoms with Crippen LogP contribution in [0.2, 0.25) is 0 Å². The molecule has 0 saturated carbocycles. The Morgan fingerprint density at radius 2 is 2.00 bits per heavy atom. The van der Waals surface area contributed by atoms with Gasteiger partial charge in [0.1, 0.15) is 5.01 Å². The summed E-state index contributed by atoms with van der Waals surface area (Å²) in [6.45, 7) is 0. The van der Waals surface area contributed by atoms with Crippen LogP contribution in [-0.2, 0) is 19.6 Å². The minimum Gasteiger partial charge on any atom is -0.469 e. The van der Waals surface area contributed by atoms with Crippen molar-refractivity contribution in [2.45, 2.75) is 17.5 Å². The number of hydrogen-bond acceptors (Lipinski definition) is 7. The average Bonchev–Trinajstić information content (AvgIpc) is 3.33. The Bertz CT molecular complexity index is 1010. The van der Waals surface area contributed by atoms with Gasteiger partial charge in [0, 0.05) is 20.3 Å². The van der Waals surface area contributed by atoms with E-state index in [4.69, 9.17) is 0 Å². The maximum Gasteiger partial charge on any atom is 0.307 e. The molecule has 27 heavy (non-hydrogen) atoms. The number of methoxy groups -OCH3 is 1. The van der Waals surface area contributed by atoms with Crippen LogP contribution in [0.5, 0.6) is 0 Å². The van der Waals surface area contributed by atoms with Crippen LogP contribution in [0.25, 0.3) is 10.6 Å². The van der Waals surface area contributed by atoms with Gasteiger partial charge >= 0.3 is 5.97 Å². The minimum absolute atomic E-state index is 0.0724. The highest BCUT2D eigenvalue weighted by molar-refractivity contribution is 9.10. The number of ether oxygens (including phenoxy) is 1. The summed E-state index contributed by atoms with van der Waals surface area (Å²) < 4.78 is 33.8. The van der Waals surface area contributed by atoms with Gasteiger partial charge in [-0.1, -0.05) is 34.1 Å². The second-order valence-electron chi connectivity index (χ2n) is 5.47. The van der Waals surface area contributed by atoms with Gasteiger partial charge in [0.15, 0.2) is 5.03 Å².